The van der Waals surface area contributed by atoms with Gasteiger partial charge in [0.05, 0.1) is 5.75 Å². The molecule has 0 aliphatic rings. The van der Waals surface area contributed by atoms with Crippen molar-refractivity contribution in [3.63, 3.8) is 0 Å². The smallest absolute Gasteiger partial charge is 0.230 e. The predicted molar refractivity (Wildman–Crippen MR) is 99.2 cm³/mol. The van der Waals surface area contributed by atoms with Crippen LogP contribution in [0, 0.1) is 13.8 Å². The molecule has 0 atom stereocenters. The Kier molecular flexibility index (Phi) is 6.48. The molecule has 0 fully saturated rings. The van der Waals surface area contributed by atoms with E-state index in [2.05, 4.69) is 15.5 Å². The Morgan fingerprint density at radius 1 is 1.42 bits per heavy atom. The predicted octanol–water partition coefficient (Wildman–Crippen LogP) is 4.05. The number of benzene rings is 1. The summed E-state index contributed by atoms with van der Waals surface area (Å²) in [4.78, 5) is 12.0. The topological polar surface area (TPSA) is 75.1 Å². The second-order valence-corrected chi connectivity index (χ2v) is 8.52. The number of rotatable bonds is 6. The van der Waals surface area contributed by atoms with Crippen molar-refractivity contribution in [1.82, 2.24) is 15.5 Å². The monoisotopic (exact) mass is 385 g/mol. The molecule has 2 aromatic rings. The quantitative estimate of drug-likeness (QED) is 0.734. The summed E-state index contributed by atoms with van der Waals surface area (Å²) < 4.78 is 0.770. The minimum absolute atomic E-state index is 0.127. The molecule has 0 aliphatic carbocycles. The van der Waals surface area contributed by atoms with Crippen LogP contribution < -0.4 is 5.32 Å². The third-order valence-electron chi connectivity index (χ3n) is 3.57. The minimum Gasteiger partial charge on any atom is -0.507 e. The van der Waals surface area contributed by atoms with E-state index in [1.165, 1.54) is 23.1 Å². The number of thioether (sulfide) groups is 1. The number of aromatic nitrogens is 2. The Balaban J connectivity index is 2.01. The standard InChI is InChI=1S/C16H20ClN3O2S2/c1-8(2)11-5-13(17)9(3)12(15(11)22)6-18-14(21)7-23-16-20-19-10(4)24-16/h5,8,22H,6-7H2,1-4H3,(H,18,21). The van der Waals surface area contributed by atoms with Crippen molar-refractivity contribution < 1.29 is 9.90 Å². The first-order chi connectivity index (χ1) is 11.3. The SMILES string of the molecule is Cc1nnc(SCC(=O)NCc2c(C)c(Cl)cc(C(C)C)c2O)s1. The Morgan fingerprint density at radius 3 is 2.71 bits per heavy atom. The average Bonchev–Trinajstić information content (AvgIpc) is 2.94. The fourth-order valence-electron chi connectivity index (χ4n) is 2.17. The van der Waals surface area contributed by atoms with Crippen molar-refractivity contribution in [2.45, 2.75) is 44.5 Å². The zero-order valence-electron chi connectivity index (χ0n) is 14.0. The van der Waals surface area contributed by atoms with Gasteiger partial charge in [-0.05, 0) is 37.0 Å². The molecule has 130 valence electrons. The summed E-state index contributed by atoms with van der Waals surface area (Å²) in [5, 5.41) is 22.6. The third kappa shape index (κ3) is 4.62. The van der Waals surface area contributed by atoms with Gasteiger partial charge in [0.15, 0.2) is 4.34 Å². The number of hydrogen-bond acceptors (Lipinski definition) is 6. The third-order valence-corrected chi connectivity index (χ3v) is 5.94. The number of nitrogens with one attached hydrogen (secondary N) is 1. The van der Waals surface area contributed by atoms with E-state index in [0.717, 1.165) is 20.5 Å². The number of phenolic OH excluding ortho intramolecular Hbond substituents is 1. The van der Waals surface area contributed by atoms with Crippen LogP contribution >= 0.6 is 34.7 Å². The van der Waals surface area contributed by atoms with Crippen LogP contribution in [0.5, 0.6) is 5.75 Å². The molecule has 1 aromatic carbocycles. The molecular formula is C16H20ClN3O2S2. The highest BCUT2D eigenvalue weighted by Gasteiger charge is 2.17. The van der Waals surface area contributed by atoms with Crippen molar-refractivity contribution in [1.29, 1.82) is 0 Å². The van der Waals surface area contributed by atoms with Gasteiger partial charge in [0.25, 0.3) is 0 Å². The first-order valence-corrected chi connectivity index (χ1v) is 9.68. The van der Waals surface area contributed by atoms with Gasteiger partial charge < -0.3 is 10.4 Å². The first-order valence-electron chi connectivity index (χ1n) is 7.50. The van der Waals surface area contributed by atoms with Crippen molar-refractivity contribution in [2.24, 2.45) is 0 Å². The van der Waals surface area contributed by atoms with Gasteiger partial charge in [-0.3, -0.25) is 4.79 Å². The van der Waals surface area contributed by atoms with Crippen molar-refractivity contribution in [2.75, 3.05) is 5.75 Å². The number of amides is 1. The molecule has 0 bridgehead atoms. The molecule has 0 saturated heterocycles. The van der Waals surface area contributed by atoms with E-state index in [1.54, 1.807) is 6.07 Å². The Bertz CT molecular complexity index is 747. The summed E-state index contributed by atoms with van der Waals surface area (Å²) in [6.07, 6.45) is 0. The van der Waals surface area contributed by atoms with Crippen LogP contribution in [0.4, 0.5) is 0 Å². The number of carbonyl (C=O) groups excluding carboxylic acids is 1. The lowest BCUT2D eigenvalue weighted by molar-refractivity contribution is -0.118. The lowest BCUT2D eigenvalue weighted by Crippen LogP contribution is -2.25. The van der Waals surface area contributed by atoms with Crippen LogP contribution in [0.2, 0.25) is 5.02 Å². The van der Waals surface area contributed by atoms with E-state index in [1.807, 2.05) is 27.7 Å². The molecule has 2 N–H and O–H groups in total. The Morgan fingerprint density at radius 2 is 2.12 bits per heavy atom. The molecule has 8 heteroatoms. The maximum atomic E-state index is 12.0. The van der Waals surface area contributed by atoms with Crippen molar-refractivity contribution in [3.05, 3.63) is 32.8 Å². The molecule has 5 nitrogen and oxygen atoms in total. The molecular weight excluding hydrogens is 366 g/mol. The van der Waals surface area contributed by atoms with Crippen LogP contribution in [0.1, 0.15) is 41.5 Å². The highest BCUT2D eigenvalue weighted by atomic mass is 35.5. The van der Waals surface area contributed by atoms with Gasteiger partial charge in [-0.1, -0.05) is 48.5 Å². The summed E-state index contributed by atoms with van der Waals surface area (Å²) in [5.74, 6) is 0.484. The first kappa shape index (κ1) is 19.0. The number of aryl methyl sites for hydroxylation is 1. The second-order valence-electron chi connectivity index (χ2n) is 5.71. The Hall–Kier alpha value is -1.31. The van der Waals surface area contributed by atoms with E-state index in [9.17, 15) is 9.90 Å². The van der Waals surface area contributed by atoms with Crippen LogP contribution in [-0.2, 0) is 11.3 Å². The molecule has 0 saturated carbocycles. The molecule has 0 radical (unpaired) electrons. The highest BCUT2D eigenvalue weighted by Crippen LogP contribution is 2.35. The number of aromatic hydroxyl groups is 1. The summed E-state index contributed by atoms with van der Waals surface area (Å²) in [5.41, 5.74) is 2.23. The van der Waals surface area contributed by atoms with Crippen molar-refractivity contribution >= 4 is 40.6 Å². The van der Waals surface area contributed by atoms with Crippen LogP contribution in [0.3, 0.4) is 0 Å². The molecule has 0 spiro atoms. The number of halogens is 1. The van der Waals surface area contributed by atoms with E-state index >= 15 is 0 Å². The Labute approximate surface area is 154 Å². The van der Waals surface area contributed by atoms with E-state index in [4.69, 9.17) is 11.6 Å². The summed E-state index contributed by atoms with van der Waals surface area (Å²) in [7, 11) is 0. The maximum absolute atomic E-state index is 12.0. The molecule has 0 aliphatic heterocycles. The van der Waals surface area contributed by atoms with Crippen LogP contribution in [0.25, 0.3) is 0 Å². The summed E-state index contributed by atoms with van der Waals surface area (Å²) in [6.45, 7) is 7.94. The summed E-state index contributed by atoms with van der Waals surface area (Å²) >= 11 is 9.06. The number of hydrogen-bond donors (Lipinski definition) is 2. The van der Waals surface area contributed by atoms with Gasteiger partial charge in [-0.15, -0.1) is 10.2 Å². The molecule has 24 heavy (non-hydrogen) atoms. The molecule has 1 amide bonds. The van der Waals surface area contributed by atoms with Gasteiger partial charge in [-0.25, -0.2) is 0 Å². The second kappa shape index (κ2) is 8.18. The molecule has 1 aromatic heterocycles. The molecule has 1 heterocycles. The van der Waals surface area contributed by atoms with E-state index in [-0.39, 0.29) is 29.9 Å². The zero-order chi connectivity index (χ0) is 17.9. The highest BCUT2D eigenvalue weighted by molar-refractivity contribution is 8.01. The van der Waals surface area contributed by atoms with Crippen molar-refractivity contribution in [3.8, 4) is 5.75 Å². The zero-order valence-corrected chi connectivity index (χ0v) is 16.4. The van der Waals surface area contributed by atoms with Gasteiger partial charge in [-0.2, -0.15) is 0 Å². The van der Waals surface area contributed by atoms with Crippen LogP contribution in [0.15, 0.2) is 10.4 Å². The van der Waals surface area contributed by atoms with Gasteiger partial charge in [0.2, 0.25) is 5.91 Å². The van der Waals surface area contributed by atoms with Gasteiger partial charge in [0.1, 0.15) is 10.8 Å². The lowest BCUT2D eigenvalue weighted by atomic mass is 9.96. The molecule has 2 rings (SSSR count). The summed E-state index contributed by atoms with van der Waals surface area (Å²) in [6, 6.07) is 1.79. The van der Waals surface area contributed by atoms with Gasteiger partial charge in [0, 0.05) is 17.1 Å². The minimum atomic E-state index is -0.127. The lowest BCUT2D eigenvalue weighted by Gasteiger charge is -2.17. The number of nitrogens with zero attached hydrogens (tertiary/aromatic N) is 2. The van der Waals surface area contributed by atoms with Gasteiger partial charge >= 0.3 is 0 Å². The fraction of sp³-hybridized carbons (Fsp3) is 0.438. The largest absolute Gasteiger partial charge is 0.507 e. The van der Waals surface area contributed by atoms with Crippen LogP contribution in [-0.4, -0.2) is 27.0 Å². The average molecular weight is 386 g/mol. The normalized spacial score (nSPS) is 11.1. The number of phenols is 1. The maximum Gasteiger partial charge on any atom is 0.230 e. The molecule has 0 unspecified atom stereocenters. The van der Waals surface area contributed by atoms with E-state index in [0.29, 0.717) is 10.6 Å². The number of carbonyl (C=O) groups is 1. The fourth-order valence-corrected chi connectivity index (χ4v) is 4.04. The van der Waals surface area contributed by atoms with E-state index < -0.39 is 0 Å².